The highest BCUT2D eigenvalue weighted by molar-refractivity contribution is 7.18. The molecule has 12 heavy (non-hydrogen) atoms. The monoisotopic (exact) mass is 220 g/mol. The van der Waals surface area contributed by atoms with Gasteiger partial charge in [0.2, 0.25) is 0 Å². The number of rotatable bonds is 0. The van der Waals surface area contributed by atoms with Crippen LogP contribution in [-0.4, -0.2) is 0 Å². The maximum Gasteiger partial charge on any atom is 0.144 e. The van der Waals surface area contributed by atoms with Crippen molar-refractivity contribution < 1.29 is 4.39 Å². The van der Waals surface area contributed by atoms with Gasteiger partial charge in [0.05, 0.1) is 14.7 Å². The van der Waals surface area contributed by atoms with Gasteiger partial charge in [-0.15, -0.1) is 11.3 Å². The third-order valence-electron chi connectivity index (χ3n) is 1.58. The van der Waals surface area contributed by atoms with Crippen molar-refractivity contribution in [3.05, 3.63) is 33.4 Å². The Morgan fingerprint density at radius 3 is 2.75 bits per heavy atom. The first-order valence-corrected chi connectivity index (χ1v) is 4.84. The van der Waals surface area contributed by atoms with E-state index in [0.717, 1.165) is 10.1 Å². The van der Waals surface area contributed by atoms with Crippen molar-refractivity contribution in [3.8, 4) is 0 Å². The average molecular weight is 221 g/mol. The van der Waals surface area contributed by atoms with Crippen LogP contribution in [0.15, 0.2) is 17.5 Å². The van der Waals surface area contributed by atoms with Crippen molar-refractivity contribution >= 4 is 44.6 Å². The quantitative estimate of drug-likeness (QED) is 0.580. The molecule has 0 aliphatic rings. The molecular weight excluding hydrogens is 218 g/mol. The van der Waals surface area contributed by atoms with Gasteiger partial charge in [0.1, 0.15) is 5.82 Å². The number of halogens is 3. The predicted octanol–water partition coefficient (Wildman–Crippen LogP) is 4.35. The standard InChI is InChI=1S/C8H3Cl2FS/c9-6-5(11)3-4-1-2-12-8(4)7(6)10/h1-3H. The number of fused-ring (bicyclic) bond motifs is 1. The van der Waals surface area contributed by atoms with Crippen LogP contribution in [-0.2, 0) is 0 Å². The van der Waals surface area contributed by atoms with Gasteiger partial charge in [-0.3, -0.25) is 0 Å². The maximum absolute atomic E-state index is 13.0. The van der Waals surface area contributed by atoms with E-state index < -0.39 is 5.82 Å². The number of hydrogen-bond acceptors (Lipinski definition) is 1. The van der Waals surface area contributed by atoms with E-state index in [9.17, 15) is 4.39 Å². The molecule has 4 heteroatoms. The summed E-state index contributed by atoms with van der Waals surface area (Å²) in [6.45, 7) is 0. The minimum Gasteiger partial charge on any atom is -0.205 e. The van der Waals surface area contributed by atoms with E-state index in [1.165, 1.54) is 17.4 Å². The van der Waals surface area contributed by atoms with E-state index in [2.05, 4.69) is 0 Å². The molecular formula is C8H3Cl2FS. The first-order chi connectivity index (χ1) is 5.70. The van der Waals surface area contributed by atoms with Gasteiger partial charge in [-0.1, -0.05) is 23.2 Å². The molecule has 0 unspecified atom stereocenters. The first kappa shape index (κ1) is 8.30. The van der Waals surface area contributed by atoms with Crippen LogP contribution in [0.1, 0.15) is 0 Å². The summed E-state index contributed by atoms with van der Waals surface area (Å²) in [5.41, 5.74) is 0. The molecule has 0 bridgehead atoms. The van der Waals surface area contributed by atoms with Gasteiger partial charge in [0.25, 0.3) is 0 Å². The maximum atomic E-state index is 13.0. The lowest BCUT2D eigenvalue weighted by Crippen LogP contribution is -1.77. The third-order valence-corrected chi connectivity index (χ3v) is 3.48. The summed E-state index contributed by atoms with van der Waals surface area (Å²) in [7, 11) is 0. The Labute approximate surface area is 82.5 Å². The summed E-state index contributed by atoms with van der Waals surface area (Å²) in [6, 6.07) is 3.20. The Balaban J connectivity index is 2.94. The second-order valence-corrected chi connectivity index (χ2v) is 4.00. The van der Waals surface area contributed by atoms with Crippen LogP contribution in [0.5, 0.6) is 0 Å². The van der Waals surface area contributed by atoms with Crippen molar-refractivity contribution in [2.45, 2.75) is 0 Å². The molecule has 2 rings (SSSR count). The van der Waals surface area contributed by atoms with Crippen molar-refractivity contribution in [3.63, 3.8) is 0 Å². The molecule has 0 radical (unpaired) electrons. The Morgan fingerprint density at radius 1 is 1.25 bits per heavy atom. The topological polar surface area (TPSA) is 0 Å². The van der Waals surface area contributed by atoms with E-state index in [4.69, 9.17) is 23.2 Å². The molecule has 0 aliphatic heterocycles. The van der Waals surface area contributed by atoms with Gasteiger partial charge in [0.15, 0.2) is 0 Å². The van der Waals surface area contributed by atoms with Gasteiger partial charge in [-0.2, -0.15) is 0 Å². The Kier molecular flexibility index (Phi) is 1.99. The largest absolute Gasteiger partial charge is 0.205 e. The zero-order valence-corrected chi connectivity index (χ0v) is 8.10. The lowest BCUT2D eigenvalue weighted by molar-refractivity contribution is 0.630. The van der Waals surface area contributed by atoms with Crippen LogP contribution < -0.4 is 0 Å². The molecule has 0 N–H and O–H groups in total. The number of benzene rings is 1. The smallest absolute Gasteiger partial charge is 0.144 e. The van der Waals surface area contributed by atoms with Crippen LogP contribution in [0.4, 0.5) is 4.39 Å². The number of thiophene rings is 1. The minimum absolute atomic E-state index is 0.00613. The Morgan fingerprint density at radius 2 is 2.00 bits per heavy atom. The van der Waals surface area contributed by atoms with Gasteiger partial charge in [0, 0.05) is 0 Å². The van der Waals surface area contributed by atoms with Crippen molar-refractivity contribution in [1.29, 1.82) is 0 Å². The van der Waals surface area contributed by atoms with Crippen LogP contribution >= 0.6 is 34.5 Å². The van der Waals surface area contributed by atoms with E-state index in [-0.39, 0.29) is 5.02 Å². The van der Waals surface area contributed by atoms with Gasteiger partial charge < -0.3 is 0 Å². The summed E-state index contributed by atoms with van der Waals surface area (Å²) in [5, 5.41) is 2.96. The highest BCUT2D eigenvalue weighted by Gasteiger charge is 2.10. The third kappa shape index (κ3) is 1.11. The second kappa shape index (κ2) is 2.87. The fraction of sp³-hybridized carbons (Fsp3) is 0. The van der Waals surface area contributed by atoms with E-state index in [1.54, 1.807) is 0 Å². The molecule has 0 atom stereocenters. The molecule has 62 valence electrons. The fourth-order valence-electron chi connectivity index (χ4n) is 1.02. The summed E-state index contributed by atoms with van der Waals surface area (Å²) in [4.78, 5) is 0. The van der Waals surface area contributed by atoms with Crippen molar-refractivity contribution in [2.75, 3.05) is 0 Å². The van der Waals surface area contributed by atoms with Crippen molar-refractivity contribution in [2.24, 2.45) is 0 Å². The zero-order chi connectivity index (χ0) is 8.72. The summed E-state index contributed by atoms with van der Waals surface area (Å²) < 4.78 is 13.8. The molecule has 0 saturated carbocycles. The SMILES string of the molecule is Fc1cc2ccsc2c(Cl)c1Cl. The molecule has 0 amide bonds. The van der Waals surface area contributed by atoms with Crippen LogP contribution in [0.25, 0.3) is 10.1 Å². The molecule has 1 heterocycles. The molecule has 1 aromatic carbocycles. The second-order valence-electron chi connectivity index (χ2n) is 2.33. The molecule has 0 spiro atoms. The molecule has 0 aliphatic carbocycles. The van der Waals surface area contributed by atoms with Gasteiger partial charge >= 0.3 is 0 Å². The molecule has 0 nitrogen and oxygen atoms in total. The highest BCUT2D eigenvalue weighted by atomic mass is 35.5. The van der Waals surface area contributed by atoms with Crippen molar-refractivity contribution in [1.82, 2.24) is 0 Å². The number of hydrogen-bond donors (Lipinski definition) is 0. The van der Waals surface area contributed by atoms with E-state index in [0.29, 0.717) is 5.02 Å². The molecule has 0 saturated heterocycles. The van der Waals surface area contributed by atoms with Gasteiger partial charge in [-0.05, 0) is 22.9 Å². The van der Waals surface area contributed by atoms with Crippen LogP contribution in [0.3, 0.4) is 0 Å². The van der Waals surface area contributed by atoms with Gasteiger partial charge in [-0.25, -0.2) is 4.39 Å². The van der Waals surface area contributed by atoms with Crippen LogP contribution in [0.2, 0.25) is 10.0 Å². The predicted molar refractivity (Wildman–Crippen MR) is 51.8 cm³/mol. The normalized spacial score (nSPS) is 10.9. The lowest BCUT2D eigenvalue weighted by Gasteiger charge is -1.98. The lowest BCUT2D eigenvalue weighted by atomic mass is 10.2. The van der Waals surface area contributed by atoms with E-state index >= 15 is 0 Å². The Hall–Kier alpha value is -0.310. The molecule has 2 aromatic rings. The molecule has 0 fully saturated rings. The first-order valence-electron chi connectivity index (χ1n) is 3.21. The zero-order valence-electron chi connectivity index (χ0n) is 5.77. The Bertz CT molecular complexity index is 436. The summed E-state index contributed by atoms with van der Waals surface area (Å²) in [5.74, 6) is -0.465. The highest BCUT2D eigenvalue weighted by Crippen LogP contribution is 2.36. The van der Waals surface area contributed by atoms with Crippen LogP contribution in [0, 0.1) is 5.82 Å². The minimum atomic E-state index is -0.465. The summed E-state index contributed by atoms with van der Waals surface area (Å²) in [6.07, 6.45) is 0. The van der Waals surface area contributed by atoms with E-state index in [1.807, 2.05) is 11.4 Å². The fourth-order valence-corrected chi connectivity index (χ4v) is 2.37. The molecule has 1 aromatic heterocycles. The summed E-state index contributed by atoms with van der Waals surface area (Å²) >= 11 is 12.9. The average Bonchev–Trinajstić information content (AvgIpc) is 2.48.